The summed E-state index contributed by atoms with van der Waals surface area (Å²) in [6.45, 7) is 45.3. The Kier molecular flexibility index (Phi) is 81.7. The van der Waals surface area contributed by atoms with Crippen LogP contribution in [0.1, 0.15) is 125 Å². The van der Waals surface area contributed by atoms with Crippen molar-refractivity contribution in [3.63, 3.8) is 0 Å². The first-order chi connectivity index (χ1) is 61.6. The predicted octanol–water partition coefficient (Wildman–Crippen LogP) is 14.4. The van der Waals surface area contributed by atoms with Gasteiger partial charge < -0.3 is 133 Å². The summed E-state index contributed by atoms with van der Waals surface area (Å²) in [6, 6.07) is 23.6. The van der Waals surface area contributed by atoms with Crippen molar-refractivity contribution in [3.8, 4) is 46.0 Å². The number of carbonyl (C=O) groups is 2. The fourth-order valence-corrected chi connectivity index (χ4v) is 10.6. The van der Waals surface area contributed by atoms with Gasteiger partial charge in [-0.3, -0.25) is 14.5 Å². The summed E-state index contributed by atoms with van der Waals surface area (Å²) < 4.78 is 145. The van der Waals surface area contributed by atoms with E-state index in [-0.39, 0.29) is 36.8 Å². The van der Waals surface area contributed by atoms with E-state index in [9.17, 15) is 9.59 Å². The molecule has 744 valence electrons. The Bertz CT molecular complexity index is 2970. The van der Waals surface area contributed by atoms with Gasteiger partial charge in [-0.05, 0) is 119 Å². The Morgan fingerprint density at radius 2 is 0.516 bits per heavy atom. The van der Waals surface area contributed by atoms with Gasteiger partial charge in [-0.2, -0.15) is 0 Å². The standard InChI is InChI=1S/C36H50O10.C16H26O4.C13H27NO5.C13H28O5.C11H23NO3.C8H18O2/c1-27(2)15-28-16-35(45-25-29-18-31(41-11-7-37-3)22-32(19-29)42-12-8-38-4)24-36(17-28)46-26-30-20-33(43-13-9-39-5)23-34(21-30)44-14-10-40-6;1-13(2)9-14-10-15(19-7-5-17-3)12-16(11-14)20-8-6-18-4;1-12(2)9-13(15)14(10-18-7-5-16-3)11-19-8-6-17-4;1-12(2)9-18-13(10-16-7-5-14-3)11-17-8-6-15-4;1-10(2)9-11(13)12(5-7-14-3)6-8-15-4;1-8(2,3)7-10-6-5-9-4/h16-24,27H,7-15,25-26H2,1-6H3;10-13H,5-9H2,1-4H3;12H,5-11H2,1-4H3;12-13H,5-11H2,1-4H3;10H,5-9H2,1-4H3;5-7H2,1-4H3. The number of hydrogen-bond acceptors (Lipinski definition) is 29. The average molecular weight is 1830 g/mol. The van der Waals surface area contributed by atoms with Crippen LogP contribution in [0.4, 0.5) is 0 Å². The number of methoxy groups -OCH3 is 13. The average Bonchev–Trinajstić information content (AvgIpc) is 0.844. The zero-order chi connectivity index (χ0) is 95.6. The lowest BCUT2D eigenvalue weighted by Crippen LogP contribution is -2.37. The third kappa shape index (κ3) is 75.0. The van der Waals surface area contributed by atoms with Gasteiger partial charge in [-0.1, -0.05) is 90.0 Å². The normalized spacial score (nSPS) is 11.1. The van der Waals surface area contributed by atoms with Gasteiger partial charge in [0, 0.05) is 149 Å². The maximum Gasteiger partial charge on any atom is 0.226 e. The molecule has 0 fully saturated rings. The number of hydrogen-bond donors (Lipinski definition) is 0. The molecule has 2 amide bonds. The first kappa shape index (κ1) is 124. The van der Waals surface area contributed by atoms with Crippen LogP contribution in [0.25, 0.3) is 0 Å². The molecule has 4 rings (SSSR count). The van der Waals surface area contributed by atoms with E-state index in [1.165, 1.54) is 5.56 Å². The van der Waals surface area contributed by atoms with Gasteiger partial charge in [0.1, 0.15) is 118 Å². The van der Waals surface area contributed by atoms with Crippen LogP contribution in [0.5, 0.6) is 46.0 Å². The zero-order valence-corrected chi connectivity index (χ0v) is 83.5. The molecule has 0 unspecified atom stereocenters. The van der Waals surface area contributed by atoms with E-state index in [2.05, 4.69) is 86.6 Å². The van der Waals surface area contributed by atoms with Gasteiger partial charge in [0.2, 0.25) is 11.8 Å². The molecular weight excluding hydrogens is 1660 g/mol. The highest BCUT2D eigenvalue weighted by molar-refractivity contribution is 5.76. The van der Waals surface area contributed by atoms with E-state index in [0.717, 1.165) is 47.6 Å². The van der Waals surface area contributed by atoms with E-state index in [1.807, 2.05) is 76.2 Å². The molecule has 0 heterocycles. The third-order valence-electron chi connectivity index (χ3n) is 16.7. The number of carbonyl (C=O) groups excluding carboxylic acids is 2. The zero-order valence-electron chi connectivity index (χ0n) is 83.5. The van der Waals surface area contributed by atoms with E-state index in [0.29, 0.717) is 282 Å². The van der Waals surface area contributed by atoms with Crippen LogP contribution in [0, 0.1) is 35.0 Å². The van der Waals surface area contributed by atoms with Crippen molar-refractivity contribution in [2.45, 2.75) is 135 Å². The Balaban J connectivity index is 0. The van der Waals surface area contributed by atoms with Crippen molar-refractivity contribution < 1.29 is 137 Å². The molecule has 0 aromatic heterocycles. The Morgan fingerprint density at radius 1 is 0.266 bits per heavy atom. The highest BCUT2D eigenvalue weighted by atomic mass is 16.6. The minimum absolute atomic E-state index is 0.0267. The topological polar surface area (TPSA) is 290 Å². The monoisotopic (exact) mass is 1830 g/mol. The first-order valence-electron chi connectivity index (χ1n) is 44.6. The Labute approximate surface area is 770 Å². The molecule has 0 N–H and O–H groups in total. The van der Waals surface area contributed by atoms with Crippen molar-refractivity contribution in [1.82, 2.24) is 9.80 Å². The quantitative estimate of drug-likeness (QED) is 0.0293. The van der Waals surface area contributed by atoms with Crippen molar-refractivity contribution in [3.05, 3.63) is 95.1 Å². The lowest BCUT2D eigenvalue weighted by Gasteiger charge is -2.23. The second kappa shape index (κ2) is 84.7. The largest absolute Gasteiger partial charge is 0.491 e. The van der Waals surface area contributed by atoms with Crippen LogP contribution < -0.4 is 37.9 Å². The lowest BCUT2D eigenvalue weighted by atomic mass is 9.99. The predicted molar refractivity (Wildman–Crippen MR) is 499 cm³/mol. The molecule has 0 atom stereocenters. The summed E-state index contributed by atoms with van der Waals surface area (Å²) in [5.74, 6) is 8.28. The number of benzene rings is 4. The van der Waals surface area contributed by atoms with Gasteiger partial charge in [-0.15, -0.1) is 0 Å². The summed E-state index contributed by atoms with van der Waals surface area (Å²) in [4.78, 5) is 27.1. The van der Waals surface area contributed by atoms with Gasteiger partial charge in [0.25, 0.3) is 0 Å². The fourth-order valence-electron chi connectivity index (χ4n) is 10.6. The molecule has 4 aromatic carbocycles. The van der Waals surface area contributed by atoms with Crippen molar-refractivity contribution in [1.29, 1.82) is 0 Å². The van der Waals surface area contributed by atoms with Gasteiger partial charge in [0.05, 0.1) is 139 Å². The SMILES string of the molecule is COCCN(CCOC)C(=O)CC(C)C.COCCOCC(C)(C)C.COCCOCC(COCCOC)OCC(C)C.COCCOCN(COCCOC)C(=O)CC(C)C.COCCOc1cc(CC(C)C)cc(OCCOC)c1.COCCOc1cc(COc2cc(CC(C)C)cc(OCc3cc(OCCOC)cc(OCCOC)c3)c2)cc(OCCOC)c1. The molecule has 31 heteroatoms. The molecule has 0 radical (unpaired) electrons. The maximum absolute atomic E-state index is 12.0. The summed E-state index contributed by atoms with van der Waals surface area (Å²) in [6.07, 6.45) is 2.94. The van der Waals surface area contributed by atoms with Gasteiger partial charge >= 0.3 is 0 Å². The van der Waals surface area contributed by atoms with Crippen molar-refractivity contribution >= 4 is 11.8 Å². The molecule has 0 saturated heterocycles. The first-order valence-corrected chi connectivity index (χ1v) is 44.6. The van der Waals surface area contributed by atoms with E-state index < -0.39 is 0 Å². The maximum atomic E-state index is 12.0. The van der Waals surface area contributed by atoms with Crippen LogP contribution in [-0.2, 0) is 126 Å². The molecule has 0 aliphatic heterocycles. The highest BCUT2D eigenvalue weighted by Gasteiger charge is 2.19. The second-order valence-corrected chi connectivity index (χ2v) is 32.7. The summed E-state index contributed by atoms with van der Waals surface area (Å²) in [7, 11) is 21.4. The molecular formula is C97H172N2O29. The van der Waals surface area contributed by atoms with E-state index >= 15 is 0 Å². The van der Waals surface area contributed by atoms with Crippen LogP contribution >= 0.6 is 0 Å². The Morgan fingerprint density at radius 3 is 0.773 bits per heavy atom. The summed E-state index contributed by atoms with van der Waals surface area (Å²) in [5, 5.41) is 0. The minimum Gasteiger partial charge on any atom is -0.491 e. The fraction of sp³-hybridized carbons (Fsp3) is 0.732. The van der Waals surface area contributed by atoms with Gasteiger partial charge in [0.15, 0.2) is 0 Å². The highest BCUT2D eigenvalue weighted by Crippen LogP contribution is 2.31. The Hall–Kier alpha value is -6.54. The van der Waals surface area contributed by atoms with Crippen LogP contribution in [0.15, 0.2) is 72.8 Å². The molecule has 0 saturated carbocycles. The second-order valence-electron chi connectivity index (χ2n) is 32.7. The lowest BCUT2D eigenvalue weighted by molar-refractivity contribution is -0.147. The summed E-state index contributed by atoms with van der Waals surface area (Å²) in [5.41, 5.74) is 4.44. The molecule has 31 nitrogen and oxygen atoms in total. The van der Waals surface area contributed by atoms with E-state index in [1.54, 1.807) is 102 Å². The van der Waals surface area contributed by atoms with Crippen molar-refractivity contribution in [2.24, 2.45) is 35.0 Å². The van der Waals surface area contributed by atoms with E-state index in [4.69, 9.17) is 128 Å². The van der Waals surface area contributed by atoms with Crippen molar-refractivity contribution in [2.75, 3.05) is 304 Å². The number of nitrogens with zero attached hydrogens (tertiary/aromatic N) is 2. The number of ether oxygens (including phenoxy) is 27. The van der Waals surface area contributed by atoms with Crippen LogP contribution in [0.2, 0.25) is 0 Å². The number of amides is 2. The molecule has 0 bridgehead atoms. The van der Waals surface area contributed by atoms with Crippen LogP contribution in [-0.4, -0.2) is 332 Å². The van der Waals surface area contributed by atoms with Crippen LogP contribution in [0.3, 0.4) is 0 Å². The molecule has 128 heavy (non-hydrogen) atoms. The molecule has 0 spiro atoms. The van der Waals surface area contributed by atoms with Gasteiger partial charge in [-0.25, -0.2) is 0 Å². The molecule has 0 aliphatic rings. The third-order valence-corrected chi connectivity index (χ3v) is 16.7. The molecule has 0 aliphatic carbocycles. The smallest absolute Gasteiger partial charge is 0.226 e. The molecule has 4 aromatic rings. The number of rotatable bonds is 71. The minimum atomic E-state index is -0.0267. The summed E-state index contributed by atoms with van der Waals surface area (Å²) >= 11 is 0.